The van der Waals surface area contributed by atoms with Crippen molar-refractivity contribution in [3.63, 3.8) is 0 Å². The first-order valence-electron chi connectivity index (χ1n) is 14.6. The molecule has 0 bridgehead atoms. The third-order valence-electron chi connectivity index (χ3n) is 9.11. The van der Waals surface area contributed by atoms with Crippen LogP contribution in [0.1, 0.15) is 93.3 Å². The maximum Gasteiger partial charge on any atom is 0.202 e. The molecule has 224 valence electrons. The first-order valence-corrected chi connectivity index (χ1v) is 14.6. The molecule has 5 rings (SSSR count). The van der Waals surface area contributed by atoms with Crippen LogP contribution < -0.4 is 0 Å². The fourth-order valence-corrected chi connectivity index (χ4v) is 6.51. The summed E-state index contributed by atoms with van der Waals surface area (Å²) in [6.07, 6.45) is 2.32. The fraction of sp³-hybridized carbons (Fsp3) is 0.297. The Morgan fingerprint density at radius 3 is 1.77 bits per heavy atom. The lowest BCUT2D eigenvalue weighted by atomic mass is 9.84. The molecule has 0 fully saturated rings. The van der Waals surface area contributed by atoms with Gasteiger partial charge in [0.25, 0.3) is 0 Å². The number of fused-ring (bicyclic) bond motifs is 1. The predicted molar refractivity (Wildman–Crippen MR) is 175 cm³/mol. The molecule has 2 heterocycles. The minimum atomic E-state index is -0.779. The largest absolute Gasteiger partial charge is 0.494 e. The topological polar surface area (TPSA) is 90.8 Å². The average Bonchev–Trinajstić information content (AvgIpc) is 3.40. The van der Waals surface area contributed by atoms with Crippen molar-refractivity contribution >= 4 is 16.7 Å². The monoisotopic (exact) mass is 578 g/mol. The molecule has 1 unspecified atom stereocenters. The molecule has 4 N–H and O–H groups in total. The molecule has 6 nitrogen and oxygen atoms in total. The van der Waals surface area contributed by atoms with Gasteiger partial charge in [-0.25, -0.2) is 0 Å². The van der Waals surface area contributed by atoms with E-state index in [1.807, 2.05) is 103 Å². The minimum absolute atomic E-state index is 0.00593. The molecular formula is C37H42N2O4. The molecule has 43 heavy (non-hydrogen) atoms. The molecule has 1 aliphatic rings. The molecular weight excluding hydrogens is 536 g/mol. The maximum atomic E-state index is 11.6. The minimum Gasteiger partial charge on any atom is -0.494 e. The summed E-state index contributed by atoms with van der Waals surface area (Å²) in [5.74, 6) is -0.461. The van der Waals surface area contributed by atoms with E-state index in [0.29, 0.717) is 23.1 Å². The quantitative estimate of drug-likeness (QED) is 0.177. The smallest absolute Gasteiger partial charge is 0.202 e. The second-order valence-corrected chi connectivity index (χ2v) is 13.0. The molecule has 0 saturated heterocycles. The number of nitrogens with zero attached hydrogens (tertiary/aromatic N) is 2. The van der Waals surface area contributed by atoms with Gasteiger partial charge in [-0.3, -0.25) is 9.13 Å². The van der Waals surface area contributed by atoms with Crippen LogP contribution in [0.3, 0.4) is 0 Å². The molecule has 0 spiro atoms. The fourth-order valence-electron chi connectivity index (χ4n) is 6.51. The maximum absolute atomic E-state index is 11.6. The van der Waals surface area contributed by atoms with Gasteiger partial charge in [0.1, 0.15) is 0 Å². The second kappa shape index (κ2) is 10.3. The van der Waals surface area contributed by atoms with Crippen LogP contribution in [0.25, 0.3) is 16.7 Å². The van der Waals surface area contributed by atoms with E-state index < -0.39 is 11.1 Å². The zero-order valence-electron chi connectivity index (χ0n) is 26.2. The van der Waals surface area contributed by atoms with E-state index in [1.165, 1.54) is 0 Å². The van der Waals surface area contributed by atoms with Gasteiger partial charge < -0.3 is 20.4 Å². The molecule has 0 amide bonds. The van der Waals surface area contributed by atoms with Gasteiger partial charge in [-0.1, -0.05) is 66.8 Å². The Bertz CT molecular complexity index is 1810. The molecule has 2 aromatic heterocycles. The summed E-state index contributed by atoms with van der Waals surface area (Å²) >= 11 is 0. The zero-order chi connectivity index (χ0) is 31.6. The summed E-state index contributed by atoms with van der Waals surface area (Å²) in [4.78, 5) is 0. The van der Waals surface area contributed by atoms with E-state index in [9.17, 15) is 20.4 Å². The van der Waals surface area contributed by atoms with Gasteiger partial charge >= 0.3 is 0 Å². The van der Waals surface area contributed by atoms with E-state index in [4.69, 9.17) is 0 Å². The number of hydrogen-bond donors (Lipinski definition) is 4. The van der Waals surface area contributed by atoms with Crippen molar-refractivity contribution < 1.29 is 20.4 Å². The SMILES string of the molecule is C=C(C)c1cccc(C(C)(C)n2c(O)cc(C3C=C(C)c4c(c(O)n(C(C)(C)c5cccc(C(=C)C)c5)c4O)C3)c2O)c1. The van der Waals surface area contributed by atoms with E-state index in [2.05, 4.69) is 13.2 Å². The van der Waals surface area contributed by atoms with Crippen LogP contribution in [-0.2, 0) is 17.5 Å². The molecule has 6 heteroatoms. The highest BCUT2D eigenvalue weighted by Gasteiger charge is 2.38. The average molecular weight is 579 g/mol. The molecule has 1 atom stereocenters. The highest BCUT2D eigenvalue weighted by molar-refractivity contribution is 5.77. The normalized spacial score (nSPS) is 15.2. The summed E-state index contributed by atoms with van der Waals surface area (Å²) < 4.78 is 3.12. The van der Waals surface area contributed by atoms with Gasteiger partial charge in [-0.05, 0) is 94.8 Å². The van der Waals surface area contributed by atoms with Crippen molar-refractivity contribution in [1.82, 2.24) is 9.13 Å². The van der Waals surface area contributed by atoms with Crippen molar-refractivity contribution in [1.29, 1.82) is 0 Å². The van der Waals surface area contributed by atoms with E-state index >= 15 is 0 Å². The van der Waals surface area contributed by atoms with Crippen molar-refractivity contribution in [3.8, 4) is 23.5 Å². The Kier molecular flexibility index (Phi) is 7.16. The number of allylic oxidation sites excluding steroid dienone is 4. The second-order valence-electron chi connectivity index (χ2n) is 13.0. The molecule has 0 radical (unpaired) electrons. The number of benzene rings is 2. The Hall–Kier alpha value is -4.58. The summed E-state index contributed by atoms with van der Waals surface area (Å²) in [5, 5.41) is 45.8. The Balaban J connectivity index is 1.56. The van der Waals surface area contributed by atoms with E-state index in [0.717, 1.165) is 39.0 Å². The van der Waals surface area contributed by atoms with Crippen LogP contribution in [0.2, 0.25) is 0 Å². The molecule has 1 aliphatic carbocycles. The van der Waals surface area contributed by atoms with E-state index in [-0.39, 0.29) is 29.4 Å². The zero-order valence-corrected chi connectivity index (χ0v) is 26.2. The summed E-state index contributed by atoms with van der Waals surface area (Å²) in [5.41, 5.74) is 6.65. The molecule has 0 saturated carbocycles. The van der Waals surface area contributed by atoms with E-state index in [1.54, 1.807) is 15.2 Å². The van der Waals surface area contributed by atoms with Crippen LogP contribution >= 0.6 is 0 Å². The number of aromatic nitrogens is 2. The van der Waals surface area contributed by atoms with Gasteiger partial charge in [0, 0.05) is 28.7 Å². The Labute approximate surface area is 254 Å². The predicted octanol–water partition coefficient (Wildman–Crippen LogP) is 8.49. The van der Waals surface area contributed by atoms with Gasteiger partial charge in [0.2, 0.25) is 5.88 Å². The first-order chi connectivity index (χ1) is 20.1. The van der Waals surface area contributed by atoms with Gasteiger partial charge in [-0.15, -0.1) is 0 Å². The van der Waals surface area contributed by atoms with Crippen LogP contribution in [-0.4, -0.2) is 29.6 Å². The Morgan fingerprint density at radius 2 is 1.26 bits per heavy atom. The third-order valence-corrected chi connectivity index (χ3v) is 9.11. The van der Waals surface area contributed by atoms with Crippen molar-refractivity contribution in [2.45, 2.75) is 71.9 Å². The lowest BCUT2D eigenvalue weighted by Gasteiger charge is -2.30. The lowest BCUT2D eigenvalue weighted by Crippen LogP contribution is -2.27. The highest BCUT2D eigenvalue weighted by atomic mass is 16.3. The third kappa shape index (κ3) is 4.75. The van der Waals surface area contributed by atoms with Crippen LogP contribution in [0.4, 0.5) is 0 Å². The van der Waals surface area contributed by atoms with Crippen molar-refractivity contribution in [3.05, 3.63) is 113 Å². The summed E-state index contributed by atoms with van der Waals surface area (Å²) in [7, 11) is 0. The summed E-state index contributed by atoms with van der Waals surface area (Å²) in [6.45, 7) is 21.7. The summed E-state index contributed by atoms with van der Waals surface area (Å²) in [6, 6.07) is 17.5. The molecule has 2 aromatic carbocycles. The first kappa shape index (κ1) is 29.9. The Morgan fingerprint density at radius 1 is 0.744 bits per heavy atom. The van der Waals surface area contributed by atoms with Gasteiger partial charge in [0.05, 0.1) is 11.1 Å². The molecule has 4 aromatic rings. The van der Waals surface area contributed by atoms with Crippen LogP contribution in [0.5, 0.6) is 23.5 Å². The van der Waals surface area contributed by atoms with Crippen molar-refractivity contribution in [2.24, 2.45) is 0 Å². The lowest BCUT2D eigenvalue weighted by molar-refractivity contribution is 0.298. The van der Waals surface area contributed by atoms with Gasteiger partial charge in [-0.2, -0.15) is 0 Å². The van der Waals surface area contributed by atoms with Crippen LogP contribution in [0, 0.1) is 0 Å². The molecule has 0 aliphatic heterocycles. The van der Waals surface area contributed by atoms with Gasteiger partial charge in [0.15, 0.2) is 17.6 Å². The number of rotatable bonds is 7. The number of hydrogen-bond acceptors (Lipinski definition) is 4. The van der Waals surface area contributed by atoms with Crippen molar-refractivity contribution in [2.75, 3.05) is 0 Å². The highest BCUT2D eigenvalue weighted by Crippen LogP contribution is 2.51. The number of aromatic hydroxyl groups is 4. The standard InChI is InChI=1S/C37H42N2O4/c1-21(2)24-12-10-14-27(17-24)36(6,7)38-31(40)20-29(33(38)41)26-16-23(5)32-30(19-26)34(42)39(35(32)43)37(8,9)28-15-11-13-25(18-28)22(3)4/h10-18,20,26,40-43H,1,3,19H2,2,4-9H3. The van der Waals surface area contributed by atoms with Crippen LogP contribution in [0.15, 0.2) is 73.8 Å².